The van der Waals surface area contributed by atoms with Crippen molar-refractivity contribution in [2.75, 3.05) is 13.1 Å². The zero-order valence-corrected chi connectivity index (χ0v) is 12.4. The molecule has 5 heteroatoms. The molecule has 1 aromatic heterocycles. The number of carbonyl (C=O) groups is 1. The predicted octanol–water partition coefficient (Wildman–Crippen LogP) is 1.58. The SMILES string of the molecule is Cc1ccccc1-n1ncc(C(=O)NC2CCNC2)c1C. The van der Waals surface area contributed by atoms with Crippen LogP contribution >= 0.6 is 0 Å². The van der Waals surface area contributed by atoms with Gasteiger partial charge in [-0.3, -0.25) is 4.79 Å². The Labute approximate surface area is 124 Å². The van der Waals surface area contributed by atoms with Gasteiger partial charge in [0.25, 0.3) is 5.91 Å². The minimum atomic E-state index is -0.0407. The Hall–Kier alpha value is -2.14. The van der Waals surface area contributed by atoms with Crippen LogP contribution in [0.25, 0.3) is 5.69 Å². The standard InChI is InChI=1S/C16H20N4O/c1-11-5-3-4-6-15(11)20-12(2)14(10-18-20)16(21)19-13-7-8-17-9-13/h3-6,10,13,17H,7-9H2,1-2H3,(H,19,21). The van der Waals surface area contributed by atoms with Crippen molar-refractivity contribution in [2.24, 2.45) is 0 Å². The van der Waals surface area contributed by atoms with Crippen molar-refractivity contribution in [2.45, 2.75) is 26.3 Å². The van der Waals surface area contributed by atoms with Crippen molar-refractivity contribution < 1.29 is 4.79 Å². The second kappa shape index (κ2) is 5.69. The van der Waals surface area contributed by atoms with Gasteiger partial charge < -0.3 is 10.6 Å². The van der Waals surface area contributed by atoms with Crippen LogP contribution in [0.15, 0.2) is 30.5 Å². The zero-order chi connectivity index (χ0) is 14.8. The molecule has 110 valence electrons. The van der Waals surface area contributed by atoms with Gasteiger partial charge in [-0.1, -0.05) is 18.2 Å². The second-order valence-corrected chi connectivity index (χ2v) is 5.51. The average Bonchev–Trinajstić information content (AvgIpc) is 3.09. The molecule has 0 bridgehead atoms. The van der Waals surface area contributed by atoms with Gasteiger partial charge in [-0.2, -0.15) is 5.10 Å². The summed E-state index contributed by atoms with van der Waals surface area (Å²) in [6, 6.07) is 8.25. The monoisotopic (exact) mass is 284 g/mol. The molecule has 0 aliphatic carbocycles. The maximum atomic E-state index is 12.4. The van der Waals surface area contributed by atoms with Crippen molar-refractivity contribution in [1.82, 2.24) is 20.4 Å². The maximum absolute atomic E-state index is 12.4. The fourth-order valence-electron chi connectivity index (χ4n) is 2.72. The minimum Gasteiger partial charge on any atom is -0.348 e. The molecule has 0 spiro atoms. The zero-order valence-electron chi connectivity index (χ0n) is 12.4. The van der Waals surface area contributed by atoms with E-state index in [1.165, 1.54) is 0 Å². The molecule has 1 saturated heterocycles. The van der Waals surface area contributed by atoms with Crippen LogP contribution in [0.4, 0.5) is 0 Å². The number of hydrogen-bond acceptors (Lipinski definition) is 3. The molecule has 5 nitrogen and oxygen atoms in total. The largest absolute Gasteiger partial charge is 0.348 e. The van der Waals surface area contributed by atoms with Crippen LogP contribution in [-0.2, 0) is 0 Å². The number of amides is 1. The average molecular weight is 284 g/mol. The third-order valence-corrected chi connectivity index (χ3v) is 3.99. The van der Waals surface area contributed by atoms with Gasteiger partial charge in [0.05, 0.1) is 23.1 Å². The summed E-state index contributed by atoms with van der Waals surface area (Å²) in [6.07, 6.45) is 2.64. The van der Waals surface area contributed by atoms with Crippen LogP contribution in [-0.4, -0.2) is 34.8 Å². The number of benzene rings is 1. The molecular weight excluding hydrogens is 264 g/mol. The van der Waals surface area contributed by atoms with Gasteiger partial charge in [0.2, 0.25) is 0 Å². The summed E-state index contributed by atoms with van der Waals surface area (Å²) >= 11 is 0. The molecule has 1 fully saturated rings. The molecule has 0 radical (unpaired) electrons. The van der Waals surface area contributed by atoms with E-state index in [1.807, 2.05) is 42.8 Å². The molecule has 3 rings (SSSR count). The molecule has 1 aromatic carbocycles. The van der Waals surface area contributed by atoms with Crippen molar-refractivity contribution in [1.29, 1.82) is 0 Å². The molecule has 1 unspecified atom stereocenters. The molecular formula is C16H20N4O. The highest BCUT2D eigenvalue weighted by Crippen LogP contribution is 2.17. The Kier molecular flexibility index (Phi) is 3.75. The van der Waals surface area contributed by atoms with E-state index < -0.39 is 0 Å². The molecule has 1 atom stereocenters. The summed E-state index contributed by atoms with van der Waals surface area (Å²) in [5.41, 5.74) is 3.66. The van der Waals surface area contributed by atoms with E-state index in [0.29, 0.717) is 5.56 Å². The first-order valence-electron chi connectivity index (χ1n) is 7.29. The summed E-state index contributed by atoms with van der Waals surface area (Å²) in [5, 5.41) is 10.7. The summed E-state index contributed by atoms with van der Waals surface area (Å²) in [4.78, 5) is 12.4. The lowest BCUT2D eigenvalue weighted by molar-refractivity contribution is 0.0939. The van der Waals surface area contributed by atoms with Gasteiger partial charge in [0, 0.05) is 12.6 Å². The molecule has 1 aliphatic rings. The Morgan fingerprint density at radius 1 is 1.38 bits per heavy atom. The lowest BCUT2D eigenvalue weighted by Gasteiger charge is -2.11. The molecule has 2 N–H and O–H groups in total. The van der Waals surface area contributed by atoms with Gasteiger partial charge in [0.15, 0.2) is 0 Å². The third-order valence-electron chi connectivity index (χ3n) is 3.99. The quantitative estimate of drug-likeness (QED) is 0.899. The summed E-state index contributed by atoms with van der Waals surface area (Å²) < 4.78 is 1.83. The highest BCUT2D eigenvalue weighted by molar-refractivity contribution is 5.95. The van der Waals surface area contributed by atoms with Gasteiger partial charge in [-0.15, -0.1) is 0 Å². The first-order valence-corrected chi connectivity index (χ1v) is 7.29. The highest BCUT2D eigenvalue weighted by atomic mass is 16.1. The Morgan fingerprint density at radius 2 is 2.19 bits per heavy atom. The highest BCUT2D eigenvalue weighted by Gasteiger charge is 2.21. The lowest BCUT2D eigenvalue weighted by atomic mass is 10.2. The summed E-state index contributed by atoms with van der Waals surface area (Å²) in [5.74, 6) is -0.0407. The number of nitrogens with zero attached hydrogens (tertiary/aromatic N) is 2. The number of rotatable bonds is 3. The lowest BCUT2D eigenvalue weighted by Crippen LogP contribution is -2.36. The van der Waals surface area contributed by atoms with E-state index in [1.54, 1.807) is 6.20 Å². The molecule has 1 aliphatic heterocycles. The van der Waals surface area contributed by atoms with E-state index in [9.17, 15) is 4.79 Å². The topological polar surface area (TPSA) is 59.0 Å². The first-order chi connectivity index (χ1) is 10.2. The molecule has 0 saturated carbocycles. The number of hydrogen-bond donors (Lipinski definition) is 2. The number of para-hydroxylation sites is 1. The van der Waals surface area contributed by atoms with Gasteiger partial charge in [-0.25, -0.2) is 4.68 Å². The fourth-order valence-corrected chi connectivity index (χ4v) is 2.72. The van der Waals surface area contributed by atoms with Gasteiger partial charge >= 0.3 is 0 Å². The number of carbonyl (C=O) groups excluding carboxylic acids is 1. The first kappa shape index (κ1) is 13.8. The minimum absolute atomic E-state index is 0.0407. The van der Waals surface area contributed by atoms with E-state index in [-0.39, 0.29) is 11.9 Å². The maximum Gasteiger partial charge on any atom is 0.255 e. The van der Waals surface area contributed by atoms with Gasteiger partial charge in [0.1, 0.15) is 0 Å². The van der Waals surface area contributed by atoms with Gasteiger partial charge in [-0.05, 0) is 38.4 Å². The Bertz CT molecular complexity index is 656. The van der Waals surface area contributed by atoms with Crippen molar-refractivity contribution in [3.8, 4) is 5.69 Å². The van der Waals surface area contributed by atoms with E-state index in [2.05, 4.69) is 15.7 Å². The van der Waals surface area contributed by atoms with Crippen LogP contribution in [0.1, 0.15) is 28.0 Å². The van der Waals surface area contributed by atoms with E-state index >= 15 is 0 Å². The summed E-state index contributed by atoms with van der Waals surface area (Å²) in [7, 11) is 0. The van der Waals surface area contributed by atoms with E-state index in [4.69, 9.17) is 0 Å². The second-order valence-electron chi connectivity index (χ2n) is 5.51. The van der Waals surface area contributed by atoms with Crippen LogP contribution < -0.4 is 10.6 Å². The van der Waals surface area contributed by atoms with Crippen molar-refractivity contribution in [3.05, 3.63) is 47.3 Å². The number of aromatic nitrogens is 2. The van der Waals surface area contributed by atoms with Crippen LogP contribution in [0.2, 0.25) is 0 Å². The van der Waals surface area contributed by atoms with Crippen LogP contribution in [0.5, 0.6) is 0 Å². The van der Waals surface area contributed by atoms with Crippen LogP contribution in [0, 0.1) is 13.8 Å². The van der Waals surface area contributed by atoms with Crippen molar-refractivity contribution in [3.63, 3.8) is 0 Å². The van der Waals surface area contributed by atoms with E-state index in [0.717, 1.165) is 36.5 Å². The Balaban J connectivity index is 1.85. The summed E-state index contributed by atoms with van der Waals surface area (Å²) in [6.45, 7) is 5.78. The third kappa shape index (κ3) is 2.69. The normalized spacial score (nSPS) is 17.9. The molecule has 2 aromatic rings. The predicted molar refractivity (Wildman–Crippen MR) is 81.8 cm³/mol. The molecule has 2 heterocycles. The smallest absolute Gasteiger partial charge is 0.255 e. The van der Waals surface area contributed by atoms with Crippen LogP contribution in [0.3, 0.4) is 0 Å². The number of nitrogens with one attached hydrogen (secondary N) is 2. The molecule has 1 amide bonds. The fraction of sp³-hybridized carbons (Fsp3) is 0.375. The Morgan fingerprint density at radius 3 is 2.90 bits per heavy atom. The molecule has 21 heavy (non-hydrogen) atoms. The van der Waals surface area contributed by atoms with Crippen molar-refractivity contribution >= 4 is 5.91 Å². The number of aryl methyl sites for hydroxylation is 1.